The number of aromatic amines is 1. The maximum Gasteiger partial charge on any atom is 0.151 e. The van der Waals surface area contributed by atoms with Crippen LogP contribution in [-0.4, -0.2) is 16.2 Å². The van der Waals surface area contributed by atoms with Crippen molar-refractivity contribution in [1.29, 1.82) is 0 Å². The second-order valence-corrected chi connectivity index (χ2v) is 5.46. The average molecular weight is 219 g/mol. The van der Waals surface area contributed by atoms with E-state index >= 15 is 0 Å². The smallest absolute Gasteiger partial charge is 0.151 e. The Hall–Kier alpha value is -0.990. The number of hydrogen-bond acceptors (Lipinski definition) is 2. The molecule has 1 aromatic heterocycles. The molecule has 16 heavy (non-hydrogen) atoms. The highest BCUT2D eigenvalue weighted by atomic mass is 15.2. The summed E-state index contributed by atoms with van der Waals surface area (Å²) in [5.74, 6) is 2.99. The van der Waals surface area contributed by atoms with Crippen molar-refractivity contribution in [3.63, 3.8) is 0 Å². The molecule has 2 saturated carbocycles. The standard InChI is InChI=1S/C13H21N3/c1-3-11-8(2)13(16-15-11)14-12-7-9-4-5-10(12)6-9/h9-10,12H,3-7H2,1-2H3,(H2,14,15,16). The highest BCUT2D eigenvalue weighted by molar-refractivity contribution is 5.46. The van der Waals surface area contributed by atoms with Crippen LogP contribution >= 0.6 is 0 Å². The third kappa shape index (κ3) is 1.53. The van der Waals surface area contributed by atoms with Gasteiger partial charge in [-0.25, -0.2) is 0 Å². The van der Waals surface area contributed by atoms with Gasteiger partial charge in [0, 0.05) is 17.3 Å². The zero-order valence-corrected chi connectivity index (χ0v) is 10.2. The van der Waals surface area contributed by atoms with Crippen molar-refractivity contribution in [2.24, 2.45) is 11.8 Å². The van der Waals surface area contributed by atoms with Gasteiger partial charge in [0.15, 0.2) is 5.82 Å². The molecule has 3 nitrogen and oxygen atoms in total. The minimum atomic E-state index is 0.686. The minimum absolute atomic E-state index is 0.686. The second-order valence-electron chi connectivity index (χ2n) is 5.46. The molecule has 0 radical (unpaired) electrons. The lowest BCUT2D eigenvalue weighted by Crippen LogP contribution is -2.26. The van der Waals surface area contributed by atoms with Crippen LogP contribution in [0.5, 0.6) is 0 Å². The van der Waals surface area contributed by atoms with E-state index in [2.05, 4.69) is 29.4 Å². The van der Waals surface area contributed by atoms with E-state index in [1.807, 2.05) is 0 Å². The van der Waals surface area contributed by atoms with Gasteiger partial charge in [-0.3, -0.25) is 5.10 Å². The van der Waals surface area contributed by atoms with Crippen molar-refractivity contribution in [3.05, 3.63) is 11.3 Å². The summed E-state index contributed by atoms with van der Waals surface area (Å²) >= 11 is 0. The molecule has 0 saturated heterocycles. The fourth-order valence-corrected chi connectivity index (χ4v) is 3.52. The average Bonchev–Trinajstić information content (AvgIpc) is 2.96. The van der Waals surface area contributed by atoms with Gasteiger partial charge in [-0.1, -0.05) is 13.3 Å². The lowest BCUT2D eigenvalue weighted by molar-refractivity contribution is 0.439. The summed E-state index contributed by atoms with van der Waals surface area (Å²) in [4.78, 5) is 0. The fraction of sp³-hybridized carbons (Fsp3) is 0.769. The van der Waals surface area contributed by atoms with E-state index < -0.39 is 0 Å². The Morgan fingerprint density at radius 3 is 2.81 bits per heavy atom. The van der Waals surface area contributed by atoms with Crippen LogP contribution in [0.1, 0.15) is 43.9 Å². The number of fused-ring (bicyclic) bond motifs is 2. The molecule has 2 bridgehead atoms. The largest absolute Gasteiger partial charge is 0.365 e. The molecule has 2 aliphatic rings. The molecule has 1 aromatic rings. The molecule has 0 amide bonds. The fourth-order valence-electron chi connectivity index (χ4n) is 3.52. The topological polar surface area (TPSA) is 40.7 Å². The first-order chi connectivity index (χ1) is 7.78. The lowest BCUT2D eigenvalue weighted by atomic mass is 9.95. The molecule has 3 atom stereocenters. The highest BCUT2D eigenvalue weighted by Gasteiger charge is 2.39. The first-order valence-corrected chi connectivity index (χ1v) is 6.58. The van der Waals surface area contributed by atoms with Crippen LogP contribution in [0.3, 0.4) is 0 Å². The molecule has 88 valence electrons. The van der Waals surface area contributed by atoms with E-state index in [-0.39, 0.29) is 0 Å². The number of nitrogens with zero attached hydrogens (tertiary/aromatic N) is 1. The van der Waals surface area contributed by atoms with E-state index in [9.17, 15) is 0 Å². The molecule has 0 aromatic carbocycles. The van der Waals surface area contributed by atoms with Crippen LogP contribution < -0.4 is 5.32 Å². The molecule has 3 heteroatoms. The van der Waals surface area contributed by atoms with Crippen LogP contribution in [0.15, 0.2) is 0 Å². The molecule has 1 heterocycles. The van der Waals surface area contributed by atoms with Crippen molar-refractivity contribution in [1.82, 2.24) is 10.2 Å². The minimum Gasteiger partial charge on any atom is -0.365 e. The molecule has 3 unspecified atom stereocenters. The first kappa shape index (κ1) is 10.2. The van der Waals surface area contributed by atoms with Crippen molar-refractivity contribution >= 4 is 5.82 Å². The zero-order chi connectivity index (χ0) is 11.1. The van der Waals surface area contributed by atoms with E-state index in [0.29, 0.717) is 6.04 Å². The van der Waals surface area contributed by atoms with Crippen LogP contribution in [0, 0.1) is 18.8 Å². The summed E-state index contributed by atoms with van der Waals surface area (Å²) in [6.07, 6.45) is 6.73. The van der Waals surface area contributed by atoms with Crippen LogP contribution in [0.2, 0.25) is 0 Å². The predicted molar refractivity (Wildman–Crippen MR) is 65.6 cm³/mol. The summed E-state index contributed by atoms with van der Waals surface area (Å²) in [6, 6.07) is 0.686. The maximum atomic E-state index is 4.40. The third-order valence-corrected chi connectivity index (χ3v) is 4.52. The Balaban J connectivity index is 1.72. The number of H-pyrrole nitrogens is 1. The van der Waals surface area contributed by atoms with Crippen molar-refractivity contribution in [3.8, 4) is 0 Å². The normalized spacial score (nSPS) is 32.2. The summed E-state index contributed by atoms with van der Waals surface area (Å²) in [7, 11) is 0. The Morgan fingerprint density at radius 1 is 1.38 bits per heavy atom. The molecule has 3 rings (SSSR count). The number of aryl methyl sites for hydroxylation is 1. The second kappa shape index (κ2) is 3.79. The van der Waals surface area contributed by atoms with E-state index in [0.717, 1.165) is 24.1 Å². The van der Waals surface area contributed by atoms with Gasteiger partial charge in [0.05, 0.1) is 0 Å². The van der Waals surface area contributed by atoms with E-state index in [1.165, 1.54) is 36.9 Å². The van der Waals surface area contributed by atoms with Gasteiger partial charge in [0.25, 0.3) is 0 Å². The number of nitrogens with one attached hydrogen (secondary N) is 2. The van der Waals surface area contributed by atoms with Crippen molar-refractivity contribution in [2.45, 2.75) is 52.0 Å². The Bertz CT molecular complexity index is 383. The first-order valence-electron chi connectivity index (χ1n) is 6.58. The van der Waals surface area contributed by atoms with Gasteiger partial charge in [0.2, 0.25) is 0 Å². The monoisotopic (exact) mass is 219 g/mol. The van der Waals surface area contributed by atoms with Crippen LogP contribution in [0.25, 0.3) is 0 Å². The number of hydrogen-bond donors (Lipinski definition) is 2. The van der Waals surface area contributed by atoms with Crippen molar-refractivity contribution < 1.29 is 0 Å². The van der Waals surface area contributed by atoms with Crippen LogP contribution in [-0.2, 0) is 6.42 Å². The summed E-state index contributed by atoms with van der Waals surface area (Å²) in [5, 5.41) is 11.2. The summed E-state index contributed by atoms with van der Waals surface area (Å²) in [6.45, 7) is 4.33. The van der Waals surface area contributed by atoms with E-state index in [4.69, 9.17) is 0 Å². The maximum absolute atomic E-state index is 4.40. The quantitative estimate of drug-likeness (QED) is 0.820. The van der Waals surface area contributed by atoms with Gasteiger partial charge in [-0.2, -0.15) is 5.10 Å². The number of rotatable bonds is 3. The molecule has 0 spiro atoms. The lowest BCUT2D eigenvalue weighted by Gasteiger charge is -2.23. The van der Waals surface area contributed by atoms with Crippen molar-refractivity contribution in [2.75, 3.05) is 5.32 Å². The van der Waals surface area contributed by atoms with Gasteiger partial charge in [-0.05, 0) is 44.4 Å². The molecule has 2 aliphatic carbocycles. The molecule has 0 aliphatic heterocycles. The third-order valence-electron chi connectivity index (χ3n) is 4.52. The predicted octanol–water partition coefficient (Wildman–Crippen LogP) is 2.88. The Kier molecular flexibility index (Phi) is 2.41. The molecular formula is C13H21N3. The summed E-state index contributed by atoms with van der Waals surface area (Å²) < 4.78 is 0. The Labute approximate surface area is 97.0 Å². The molecule has 2 N–H and O–H groups in total. The van der Waals surface area contributed by atoms with E-state index in [1.54, 1.807) is 0 Å². The number of aromatic nitrogens is 2. The van der Waals surface area contributed by atoms with Gasteiger partial charge in [-0.15, -0.1) is 0 Å². The molecular weight excluding hydrogens is 198 g/mol. The summed E-state index contributed by atoms with van der Waals surface area (Å²) in [5.41, 5.74) is 2.58. The van der Waals surface area contributed by atoms with Gasteiger partial charge in [0.1, 0.15) is 0 Å². The highest BCUT2D eigenvalue weighted by Crippen LogP contribution is 2.45. The van der Waals surface area contributed by atoms with Gasteiger partial charge < -0.3 is 5.32 Å². The zero-order valence-electron chi connectivity index (χ0n) is 10.2. The van der Waals surface area contributed by atoms with Crippen LogP contribution in [0.4, 0.5) is 5.82 Å². The molecule has 2 fully saturated rings. The Morgan fingerprint density at radius 2 is 2.25 bits per heavy atom. The number of anilines is 1. The SMILES string of the molecule is CCc1[nH]nc(NC2CC3CCC2C3)c1C. The van der Waals surface area contributed by atoms with Gasteiger partial charge >= 0.3 is 0 Å².